The third-order valence-electron chi connectivity index (χ3n) is 4.94. The van der Waals surface area contributed by atoms with Crippen LogP contribution >= 0.6 is 11.6 Å². The van der Waals surface area contributed by atoms with E-state index in [1.807, 2.05) is 75.5 Å². The topological polar surface area (TPSA) is 61.4 Å². The third-order valence-corrected chi connectivity index (χ3v) is 5.24. The summed E-state index contributed by atoms with van der Waals surface area (Å²) in [6.45, 7) is 4.38. The number of aromatic nitrogens is 3. The molecule has 4 rings (SSSR count). The van der Waals surface area contributed by atoms with E-state index in [0.29, 0.717) is 23.0 Å². The van der Waals surface area contributed by atoms with Gasteiger partial charge in [0.1, 0.15) is 10.9 Å². The summed E-state index contributed by atoms with van der Waals surface area (Å²) < 4.78 is 8.90. The maximum Gasteiger partial charge on any atom is 0.297 e. The predicted molar refractivity (Wildman–Crippen MR) is 121 cm³/mol. The van der Waals surface area contributed by atoms with Crippen LogP contribution in [0.15, 0.2) is 64.4 Å². The summed E-state index contributed by atoms with van der Waals surface area (Å²) in [5.74, 6) is 0.747. The number of aliphatic imine (C=N–C) groups is 1. The van der Waals surface area contributed by atoms with E-state index in [9.17, 15) is 4.79 Å². The van der Waals surface area contributed by atoms with Crippen LogP contribution in [0.5, 0.6) is 5.75 Å². The van der Waals surface area contributed by atoms with Crippen LogP contribution in [0.1, 0.15) is 18.2 Å². The monoisotopic (exact) mass is 420 g/mol. The number of nitrogens with zero attached hydrogens (tertiary/aromatic N) is 4. The SMILES string of the molecule is CCOc1ccc2cc(C=Nc3c(C)n(C)n(-c4ccccc4)c3=O)c(Cl)nc2c1. The average molecular weight is 421 g/mol. The normalized spacial score (nSPS) is 11.5. The maximum atomic E-state index is 13.0. The number of hydrogen-bond acceptors (Lipinski definition) is 4. The minimum absolute atomic E-state index is 0.191. The van der Waals surface area contributed by atoms with E-state index in [2.05, 4.69) is 9.98 Å². The summed E-state index contributed by atoms with van der Waals surface area (Å²) in [5.41, 5.74) is 3.09. The summed E-state index contributed by atoms with van der Waals surface area (Å²) >= 11 is 6.38. The van der Waals surface area contributed by atoms with E-state index in [1.165, 1.54) is 0 Å². The summed E-state index contributed by atoms with van der Waals surface area (Å²) in [5, 5.41) is 1.23. The van der Waals surface area contributed by atoms with Crippen molar-refractivity contribution >= 4 is 34.4 Å². The van der Waals surface area contributed by atoms with Gasteiger partial charge in [0.25, 0.3) is 5.56 Å². The second-order valence-electron chi connectivity index (χ2n) is 6.82. The van der Waals surface area contributed by atoms with Crippen molar-refractivity contribution in [3.05, 3.63) is 81.4 Å². The fraction of sp³-hybridized carbons (Fsp3) is 0.174. The van der Waals surface area contributed by atoms with Gasteiger partial charge in [0.05, 0.1) is 23.5 Å². The number of fused-ring (bicyclic) bond motifs is 1. The molecule has 0 amide bonds. The Morgan fingerprint density at radius 1 is 1.17 bits per heavy atom. The van der Waals surface area contributed by atoms with Crippen LogP contribution in [0.25, 0.3) is 16.6 Å². The molecule has 152 valence electrons. The number of ether oxygens (including phenoxy) is 1. The first kappa shape index (κ1) is 19.9. The lowest BCUT2D eigenvalue weighted by molar-refractivity contribution is 0.340. The van der Waals surface area contributed by atoms with Gasteiger partial charge in [-0.3, -0.25) is 9.48 Å². The fourth-order valence-electron chi connectivity index (χ4n) is 3.32. The van der Waals surface area contributed by atoms with Crippen LogP contribution in [-0.4, -0.2) is 27.2 Å². The first-order valence-electron chi connectivity index (χ1n) is 9.60. The minimum Gasteiger partial charge on any atom is -0.494 e. The van der Waals surface area contributed by atoms with Crippen LogP contribution in [0.4, 0.5) is 5.69 Å². The van der Waals surface area contributed by atoms with Crippen LogP contribution in [0, 0.1) is 6.92 Å². The Kier molecular flexibility index (Phi) is 5.42. The first-order valence-corrected chi connectivity index (χ1v) is 9.98. The quantitative estimate of drug-likeness (QED) is 0.343. The molecule has 0 spiro atoms. The molecule has 6 nitrogen and oxygen atoms in total. The van der Waals surface area contributed by atoms with Crippen molar-refractivity contribution in [2.45, 2.75) is 13.8 Å². The minimum atomic E-state index is -0.191. The van der Waals surface area contributed by atoms with Crippen molar-refractivity contribution in [1.29, 1.82) is 0 Å². The van der Waals surface area contributed by atoms with E-state index in [1.54, 1.807) is 15.6 Å². The Morgan fingerprint density at radius 3 is 2.67 bits per heavy atom. The number of halogens is 1. The molecular formula is C23H21ClN4O2. The van der Waals surface area contributed by atoms with Crippen LogP contribution < -0.4 is 10.3 Å². The third kappa shape index (κ3) is 3.62. The van der Waals surface area contributed by atoms with Crippen molar-refractivity contribution in [2.75, 3.05) is 6.61 Å². The molecule has 0 unspecified atom stereocenters. The van der Waals surface area contributed by atoms with E-state index >= 15 is 0 Å². The van der Waals surface area contributed by atoms with E-state index in [0.717, 1.165) is 28.0 Å². The zero-order valence-corrected chi connectivity index (χ0v) is 17.7. The molecule has 0 aliphatic carbocycles. The summed E-state index contributed by atoms with van der Waals surface area (Å²) in [4.78, 5) is 21.9. The number of pyridine rings is 1. The van der Waals surface area contributed by atoms with Crippen LogP contribution in [-0.2, 0) is 7.05 Å². The summed E-state index contributed by atoms with van der Waals surface area (Å²) in [7, 11) is 1.84. The molecule has 2 heterocycles. The van der Waals surface area contributed by atoms with Gasteiger partial charge in [0.2, 0.25) is 0 Å². The van der Waals surface area contributed by atoms with Crippen molar-refractivity contribution in [1.82, 2.24) is 14.3 Å². The Balaban J connectivity index is 1.74. The molecular weight excluding hydrogens is 400 g/mol. The van der Waals surface area contributed by atoms with Crippen molar-refractivity contribution in [2.24, 2.45) is 12.0 Å². The van der Waals surface area contributed by atoms with E-state index in [-0.39, 0.29) is 5.56 Å². The van der Waals surface area contributed by atoms with Crippen molar-refractivity contribution in [3.8, 4) is 11.4 Å². The molecule has 0 atom stereocenters. The van der Waals surface area contributed by atoms with Crippen LogP contribution in [0.2, 0.25) is 5.15 Å². The molecule has 0 saturated carbocycles. The highest BCUT2D eigenvalue weighted by Gasteiger charge is 2.15. The smallest absolute Gasteiger partial charge is 0.297 e. The average Bonchev–Trinajstić information content (AvgIpc) is 2.95. The zero-order valence-electron chi connectivity index (χ0n) is 17.0. The van der Waals surface area contributed by atoms with Gasteiger partial charge >= 0.3 is 0 Å². The number of hydrogen-bond donors (Lipinski definition) is 0. The summed E-state index contributed by atoms with van der Waals surface area (Å²) in [6, 6.07) is 17.0. The summed E-state index contributed by atoms with van der Waals surface area (Å²) in [6.07, 6.45) is 1.59. The number of para-hydroxylation sites is 1. The van der Waals surface area contributed by atoms with Gasteiger partial charge in [0, 0.05) is 30.3 Å². The molecule has 2 aromatic heterocycles. The standard InChI is InChI=1S/C23H21ClN4O2/c1-4-30-19-11-10-16-12-17(22(24)26-20(16)13-19)14-25-21-15(2)27(3)28(23(21)29)18-8-6-5-7-9-18/h5-14H,4H2,1-3H3. The molecule has 0 N–H and O–H groups in total. The highest BCUT2D eigenvalue weighted by Crippen LogP contribution is 2.24. The highest BCUT2D eigenvalue weighted by atomic mass is 35.5. The number of rotatable bonds is 5. The van der Waals surface area contributed by atoms with Gasteiger partial charge < -0.3 is 4.74 Å². The van der Waals surface area contributed by atoms with E-state index in [4.69, 9.17) is 16.3 Å². The molecule has 30 heavy (non-hydrogen) atoms. The Hall–Kier alpha value is -3.38. The molecule has 0 bridgehead atoms. The number of benzene rings is 2. The predicted octanol–water partition coefficient (Wildman–Crippen LogP) is 4.84. The van der Waals surface area contributed by atoms with Gasteiger partial charge in [0.15, 0.2) is 5.69 Å². The zero-order chi connectivity index (χ0) is 21.3. The second kappa shape index (κ2) is 8.16. The van der Waals surface area contributed by atoms with Gasteiger partial charge in [-0.2, -0.15) is 0 Å². The maximum absolute atomic E-state index is 13.0. The lowest BCUT2D eigenvalue weighted by atomic mass is 10.1. The fourth-order valence-corrected chi connectivity index (χ4v) is 3.52. The Labute approximate surface area is 179 Å². The van der Waals surface area contributed by atoms with Gasteiger partial charge in [-0.15, -0.1) is 0 Å². The van der Waals surface area contributed by atoms with E-state index < -0.39 is 0 Å². The Bertz CT molecular complexity index is 1310. The molecule has 0 aliphatic heterocycles. The first-order chi connectivity index (χ1) is 14.5. The molecule has 0 saturated heterocycles. The lowest BCUT2D eigenvalue weighted by Gasteiger charge is -2.07. The highest BCUT2D eigenvalue weighted by molar-refractivity contribution is 6.32. The largest absolute Gasteiger partial charge is 0.494 e. The van der Waals surface area contributed by atoms with Gasteiger partial charge in [-0.05, 0) is 44.2 Å². The van der Waals surface area contributed by atoms with Gasteiger partial charge in [-0.25, -0.2) is 14.7 Å². The molecule has 0 aliphatic rings. The second-order valence-corrected chi connectivity index (χ2v) is 7.18. The van der Waals surface area contributed by atoms with Crippen molar-refractivity contribution < 1.29 is 4.74 Å². The van der Waals surface area contributed by atoms with Crippen LogP contribution in [0.3, 0.4) is 0 Å². The van der Waals surface area contributed by atoms with Gasteiger partial charge in [-0.1, -0.05) is 29.8 Å². The molecule has 4 aromatic rings. The molecule has 7 heteroatoms. The Morgan fingerprint density at radius 2 is 1.93 bits per heavy atom. The lowest BCUT2D eigenvalue weighted by Crippen LogP contribution is -2.19. The molecule has 0 fully saturated rings. The van der Waals surface area contributed by atoms with Crippen molar-refractivity contribution in [3.63, 3.8) is 0 Å². The molecule has 0 radical (unpaired) electrons. The molecule has 2 aromatic carbocycles.